The predicted octanol–water partition coefficient (Wildman–Crippen LogP) is 3.14. The van der Waals surface area contributed by atoms with Gasteiger partial charge in [0.1, 0.15) is 0 Å². The van der Waals surface area contributed by atoms with Gasteiger partial charge in [0.2, 0.25) is 0 Å². The van der Waals surface area contributed by atoms with Gasteiger partial charge < -0.3 is 10.1 Å². The Morgan fingerprint density at radius 2 is 1.94 bits per heavy atom. The Bertz CT molecular complexity index is 313. The molecule has 1 rings (SSSR count). The van der Waals surface area contributed by atoms with Gasteiger partial charge >= 0.3 is 0 Å². The van der Waals surface area contributed by atoms with Crippen molar-refractivity contribution in [3.63, 3.8) is 0 Å². The number of rotatable bonds is 7. The molecule has 0 heterocycles. The minimum absolute atomic E-state index is 0.478. The van der Waals surface area contributed by atoms with Crippen molar-refractivity contribution >= 4 is 11.6 Å². The molecule has 3 heteroatoms. The Morgan fingerprint density at radius 1 is 1.29 bits per heavy atom. The standard InChI is InChI=1S/C14H22ClNO/c1-11(8-9-17-3)14(16-2)10-12-4-6-13(15)7-5-12/h4-7,11,14,16H,8-10H2,1-3H3. The Balaban J connectivity index is 2.53. The van der Waals surface area contributed by atoms with Gasteiger partial charge in [-0.25, -0.2) is 0 Å². The summed E-state index contributed by atoms with van der Waals surface area (Å²) in [5, 5.41) is 4.18. The second-order valence-electron chi connectivity index (χ2n) is 4.48. The first-order chi connectivity index (χ1) is 8.17. The first kappa shape index (κ1) is 14.5. The van der Waals surface area contributed by atoms with Crippen molar-refractivity contribution in [3.05, 3.63) is 34.9 Å². The van der Waals surface area contributed by atoms with Crippen LogP contribution in [0.15, 0.2) is 24.3 Å². The quantitative estimate of drug-likeness (QED) is 0.808. The van der Waals surface area contributed by atoms with E-state index in [4.69, 9.17) is 16.3 Å². The Hall–Kier alpha value is -0.570. The van der Waals surface area contributed by atoms with Gasteiger partial charge in [-0.3, -0.25) is 0 Å². The smallest absolute Gasteiger partial charge is 0.0465 e. The van der Waals surface area contributed by atoms with Crippen LogP contribution in [0.3, 0.4) is 0 Å². The molecule has 0 aliphatic heterocycles. The van der Waals surface area contributed by atoms with E-state index in [1.165, 1.54) is 5.56 Å². The molecule has 96 valence electrons. The van der Waals surface area contributed by atoms with Crippen LogP contribution in [0.25, 0.3) is 0 Å². The molecule has 0 fully saturated rings. The average Bonchev–Trinajstić information content (AvgIpc) is 2.35. The maximum atomic E-state index is 5.88. The number of likely N-dealkylation sites (N-methyl/N-ethyl adjacent to an activating group) is 1. The number of methoxy groups -OCH3 is 1. The molecular formula is C14H22ClNO. The van der Waals surface area contributed by atoms with Gasteiger partial charge in [-0.1, -0.05) is 30.7 Å². The van der Waals surface area contributed by atoms with Gasteiger partial charge in [0.15, 0.2) is 0 Å². The zero-order valence-corrected chi connectivity index (χ0v) is 11.6. The number of nitrogens with one attached hydrogen (secondary N) is 1. The molecule has 2 nitrogen and oxygen atoms in total. The summed E-state index contributed by atoms with van der Waals surface area (Å²) >= 11 is 5.88. The van der Waals surface area contributed by atoms with Crippen LogP contribution in [-0.4, -0.2) is 26.8 Å². The molecule has 0 aliphatic rings. The van der Waals surface area contributed by atoms with Crippen molar-refractivity contribution in [2.24, 2.45) is 5.92 Å². The highest BCUT2D eigenvalue weighted by Crippen LogP contribution is 2.16. The van der Waals surface area contributed by atoms with Crippen LogP contribution in [0.4, 0.5) is 0 Å². The first-order valence-electron chi connectivity index (χ1n) is 6.08. The van der Waals surface area contributed by atoms with Crippen molar-refractivity contribution in [2.45, 2.75) is 25.8 Å². The van der Waals surface area contributed by atoms with Crippen molar-refractivity contribution in [3.8, 4) is 0 Å². The highest BCUT2D eigenvalue weighted by Gasteiger charge is 2.15. The molecule has 17 heavy (non-hydrogen) atoms. The molecular weight excluding hydrogens is 234 g/mol. The summed E-state index contributed by atoms with van der Waals surface area (Å²) in [5.41, 5.74) is 1.32. The summed E-state index contributed by atoms with van der Waals surface area (Å²) in [6.07, 6.45) is 2.11. The lowest BCUT2D eigenvalue weighted by Gasteiger charge is -2.23. The molecule has 0 radical (unpaired) electrons. The normalized spacial score (nSPS) is 14.6. The number of halogens is 1. The fraction of sp³-hybridized carbons (Fsp3) is 0.571. The fourth-order valence-corrected chi connectivity index (χ4v) is 2.09. The zero-order chi connectivity index (χ0) is 12.7. The van der Waals surface area contributed by atoms with Gasteiger partial charge in [-0.15, -0.1) is 0 Å². The lowest BCUT2D eigenvalue weighted by Crippen LogP contribution is -2.34. The van der Waals surface area contributed by atoms with E-state index in [2.05, 4.69) is 24.4 Å². The maximum absolute atomic E-state index is 5.88. The second kappa shape index (κ2) is 7.70. The van der Waals surface area contributed by atoms with Crippen LogP contribution in [0.5, 0.6) is 0 Å². The van der Waals surface area contributed by atoms with E-state index in [0.29, 0.717) is 12.0 Å². The molecule has 0 saturated carbocycles. The maximum Gasteiger partial charge on any atom is 0.0465 e. The molecule has 0 aliphatic carbocycles. The van der Waals surface area contributed by atoms with Crippen LogP contribution < -0.4 is 5.32 Å². The van der Waals surface area contributed by atoms with Crippen molar-refractivity contribution in [2.75, 3.05) is 20.8 Å². The summed E-state index contributed by atoms with van der Waals surface area (Å²) in [4.78, 5) is 0. The van der Waals surface area contributed by atoms with E-state index < -0.39 is 0 Å². The van der Waals surface area contributed by atoms with Gasteiger partial charge in [0.25, 0.3) is 0 Å². The molecule has 0 aromatic heterocycles. The van der Waals surface area contributed by atoms with Gasteiger partial charge in [0.05, 0.1) is 0 Å². The molecule has 0 bridgehead atoms. The predicted molar refractivity (Wildman–Crippen MR) is 73.7 cm³/mol. The third-order valence-electron chi connectivity index (χ3n) is 3.20. The summed E-state index contributed by atoms with van der Waals surface area (Å²) in [6, 6.07) is 8.56. The Kier molecular flexibility index (Phi) is 6.56. The molecule has 1 aromatic rings. The van der Waals surface area contributed by atoms with Crippen LogP contribution in [0.2, 0.25) is 5.02 Å². The van der Waals surface area contributed by atoms with Crippen molar-refractivity contribution < 1.29 is 4.74 Å². The van der Waals surface area contributed by atoms with E-state index in [1.54, 1.807) is 7.11 Å². The molecule has 1 aromatic carbocycles. The number of hydrogen-bond donors (Lipinski definition) is 1. The summed E-state index contributed by atoms with van der Waals surface area (Å²) < 4.78 is 5.13. The Labute approximate surface area is 109 Å². The van der Waals surface area contributed by atoms with Crippen LogP contribution in [-0.2, 0) is 11.2 Å². The van der Waals surface area contributed by atoms with Crippen molar-refractivity contribution in [1.82, 2.24) is 5.32 Å². The van der Waals surface area contributed by atoms with E-state index >= 15 is 0 Å². The number of hydrogen-bond acceptors (Lipinski definition) is 2. The summed E-state index contributed by atoms with van der Waals surface area (Å²) in [7, 11) is 3.77. The zero-order valence-electron chi connectivity index (χ0n) is 10.9. The largest absolute Gasteiger partial charge is 0.385 e. The summed E-state index contributed by atoms with van der Waals surface area (Å²) in [6.45, 7) is 3.08. The lowest BCUT2D eigenvalue weighted by molar-refractivity contribution is 0.171. The van der Waals surface area contributed by atoms with E-state index in [-0.39, 0.29) is 0 Å². The fourth-order valence-electron chi connectivity index (χ4n) is 1.97. The SMILES string of the molecule is CNC(Cc1ccc(Cl)cc1)C(C)CCOC. The monoisotopic (exact) mass is 255 g/mol. The minimum Gasteiger partial charge on any atom is -0.385 e. The van der Waals surface area contributed by atoms with E-state index in [9.17, 15) is 0 Å². The highest BCUT2D eigenvalue weighted by atomic mass is 35.5. The first-order valence-corrected chi connectivity index (χ1v) is 6.45. The van der Waals surface area contributed by atoms with Crippen LogP contribution in [0.1, 0.15) is 18.9 Å². The van der Waals surface area contributed by atoms with Gasteiger partial charge in [-0.2, -0.15) is 0 Å². The molecule has 0 amide bonds. The summed E-state index contributed by atoms with van der Waals surface area (Å²) in [5.74, 6) is 0.593. The number of ether oxygens (including phenoxy) is 1. The molecule has 0 spiro atoms. The molecule has 2 atom stereocenters. The third kappa shape index (κ3) is 5.07. The highest BCUT2D eigenvalue weighted by molar-refractivity contribution is 6.30. The lowest BCUT2D eigenvalue weighted by atomic mass is 9.93. The van der Waals surface area contributed by atoms with Crippen molar-refractivity contribution in [1.29, 1.82) is 0 Å². The van der Waals surface area contributed by atoms with E-state index in [1.807, 2.05) is 19.2 Å². The molecule has 2 unspecified atom stereocenters. The van der Waals surface area contributed by atoms with E-state index in [0.717, 1.165) is 24.5 Å². The second-order valence-corrected chi connectivity index (χ2v) is 4.92. The van der Waals surface area contributed by atoms with Gasteiger partial charge in [-0.05, 0) is 43.5 Å². The van der Waals surface area contributed by atoms with Crippen LogP contribution in [0, 0.1) is 5.92 Å². The average molecular weight is 256 g/mol. The topological polar surface area (TPSA) is 21.3 Å². The van der Waals surface area contributed by atoms with Crippen LogP contribution >= 0.6 is 11.6 Å². The molecule has 0 saturated heterocycles. The Morgan fingerprint density at radius 3 is 2.47 bits per heavy atom. The molecule has 1 N–H and O–H groups in total. The number of benzene rings is 1. The minimum atomic E-state index is 0.478. The third-order valence-corrected chi connectivity index (χ3v) is 3.46. The van der Waals surface area contributed by atoms with Gasteiger partial charge in [0, 0.05) is 24.8 Å².